The van der Waals surface area contributed by atoms with Gasteiger partial charge in [-0.05, 0) is 44.0 Å². The van der Waals surface area contributed by atoms with Crippen LogP contribution in [0, 0.1) is 13.8 Å². The van der Waals surface area contributed by atoms with Crippen LogP contribution in [0.25, 0.3) is 16.9 Å². The highest BCUT2D eigenvalue weighted by molar-refractivity contribution is 5.81. The molecule has 108 valence electrons. The largest absolute Gasteiger partial charge is 0.399 e. The number of nitrogen functional groups attached to an aromatic ring is 1. The molecule has 0 fully saturated rings. The molecule has 0 aliphatic carbocycles. The average molecular weight is 283 g/mol. The standard InChI is InChI=1S/C15H17N5O/c1-4-11-8(2)19-20(9(11)3)15-17-13-6-5-10(16)7-12(13)14(21)18-15/h5-7H,4,16H2,1-3H3,(H,17,18,21). The van der Waals surface area contributed by atoms with Crippen LogP contribution in [0.5, 0.6) is 0 Å². The van der Waals surface area contributed by atoms with E-state index in [0.717, 1.165) is 17.8 Å². The second kappa shape index (κ2) is 4.73. The first kappa shape index (κ1) is 13.4. The van der Waals surface area contributed by atoms with Crippen LogP contribution in [0.15, 0.2) is 23.0 Å². The number of fused-ring (bicyclic) bond motifs is 1. The molecule has 3 N–H and O–H groups in total. The van der Waals surface area contributed by atoms with Gasteiger partial charge >= 0.3 is 0 Å². The van der Waals surface area contributed by atoms with Crippen LogP contribution in [-0.2, 0) is 6.42 Å². The number of aryl methyl sites for hydroxylation is 1. The lowest BCUT2D eigenvalue weighted by atomic mass is 10.1. The van der Waals surface area contributed by atoms with Gasteiger partial charge in [-0.2, -0.15) is 5.10 Å². The van der Waals surface area contributed by atoms with Crippen molar-refractivity contribution in [2.75, 3.05) is 5.73 Å². The summed E-state index contributed by atoms with van der Waals surface area (Å²) in [6, 6.07) is 5.11. The van der Waals surface area contributed by atoms with Crippen LogP contribution in [0.4, 0.5) is 5.69 Å². The number of anilines is 1. The predicted molar refractivity (Wildman–Crippen MR) is 82.8 cm³/mol. The normalized spacial score (nSPS) is 11.2. The Kier molecular flexibility index (Phi) is 3.01. The third-order valence-electron chi connectivity index (χ3n) is 3.71. The zero-order valence-corrected chi connectivity index (χ0v) is 12.3. The summed E-state index contributed by atoms with van der Waals surface area (Å²) in [7, 11) is 0. The molecular formula is C15H17N5O. The second-order valence-corrected chi connectivity index (χ2v) is 5.08. The maximum Gasteiger partial charge on any atom is 0.260 e. The van der Waals surface area contributed by atoms with Gasteiger partial charge in [-0.25, -0.2) is 9.67 Å². The maximum atomic E-state index is 12.2. The van der Waals surface area contributed by atoms with Gasteiger partial charge in [0.2, 0.25) is 5.95 Å². The van der Waals surface area contributed by atoms with E-state index in [4.69, 9.17) is 5.73 Å². The van der Waals surface area contributed by atoms with Crippen molar-refractivity contribution in [3.05, 3.63) is 45.5 Å². The Morgan fingerprint density at radius 1 is 1.33 bits per heavy atom. The third kappa shape index (κ3) is 2.08. The van der Waals surface area contributed by atoms with Gasteiger partial charge in [-0.15, -0.1) is 0 Å². The molecule has 2 aromatic heterocycles. The van der Waals surface area contributed by atoms with Crippen LogP contribution < -0.4 is 11.3 Å². The highest BCUT2D eigenvalue weighted by atomic mass is 16.1. The number of aromatic nitrogens is 4. The van der Waals surface area contributed by atoms with E-state index >= 15 is 0 Å². The Morgan fingerprint density at radius 3 is 2.76 bits per heavy atom. The van der Waals surface area contributed by atoms with Crippen molar-refractivity contribution in [3.63, 3.8) is 0 Å². The van der Waals surface area contributed by atoms with Crippen LogP contribution in [0.3, 0.4) is 0 Å². The molecule has 21 heavy (non-hydrogen) atoms. The van der Waals surface area contributed by atoms with Crippen LogP contribution in [-0.4, -0.2) is 19.7 Å². The van der Waals surface area contributed by atoms with Crippen molar-refractivity contribution in [1.82, 2.24) is 19.7 Å². The molecule has 3 aromatic rings. The molecule has 0 spiro atoms. The van der Waals surface area contributed by atoms with Gasteiger partial charge in [0, 0.05) is 11.4 Å². The summed E-state index contributed by atoms with van der Waals surface area (Å²) < 4.78 is 1.69. The molecule has 0 radical (unpaired) electrons. The van der Waals surface area contributed by atoms with Gasteiger partial charge in [0.15, 0.2) is 0 Å². The van der Waals surface area contributed by atoms with E-state index in [-0.39, 0.29) is 5.56 Å². The molecule has 3 rings (SSSR count). The Balaban J connectivity index is 2.27. The monoisotopic (exact) mass is 283 g/mol. The van der Waals surface area contributed by atoms with Crippen molar-refractivity contribution in [1.29, 1.82) is 0 Å². The summed E-state index contributed by atoms with van der Waals surface area (Å²) in [6.07, 6.45) is 0.895. The fraction of sp³-hybridized carbons (Fsp3) is 0.267. The topological polar surface area (TPSA) is 89.6 Å². The zero-order valence-electron chi connectivity index (χ0n) is 12.3. The highest BCUT2D eigenvalue weighted by Crippen LogP contribution is 2.17. The molecule has 0 saturated carbocycles. The molecule has 2 heterocycles. The molecule has 6 heteroatoms. The number of aromatic amines is 1. The lowest BCUT2D eigenvalue weighted by molar-refractivity contribution is 0.774. The molecule has 0 saturated heterocycles. The SMILES string of the molecule is CCc1c(C)nn(-c2nc3ccc(N)cc3c(=O)[nH]2)c1C. The van der Waals surface area contributed by atoms with E-state index in [9.17, 15) is 4.79 Å². The number of H-pyrrole nitrogens is 1. The quantitative estimate of drug-likeness (QED) is 0.703. The summed E-state index contributed by atoms with van der Waals surface area (Å²) >= 11 is 0. The average Bonchev–Trinajstić information content (AvgIpc) is 2.74. The minimum atomic E-state index is -0.215. The Hall–Kier alpha value is -2.63. The van der Waals surface area contributed by atoms with Gasteiger partial charge in [-0.3, -0.25) is 9.78 Å². The molecule has 0 bridgehead atoms. The van der Waals surface area contributed by atoms with Crippen LogP contribution >= 0.6 is 0 Å². The molecule has 0 amide bonds. The van der Waals surface area contributed by atoms with Gasteiger partial charge in [0.1, 0.15) is 0 Å². The van der Waals surface area contributed by atoms with Crippen molar-refractivity contribution < 1.29 is 0 Å². The van der Waals surface area contributed by atoms with Crippen LogP contribution in [0.1, 0.15) is 23.9 Å². The first-order valence-electron chi connectivity index (χ1n) is 6.86. The molecule has 6 nitrogen and oxygen atoms in total. The smallest absolute Gasteiger partial charge is 0.260 e. The minimum Gasteiger partial charge on any atom is -0.399 e. The predicted octanol–water partition coefficient (Wildman–Crippen LogP) is 1.87. The lowest BCUT2D eigenvalue weighted by Crippen LogP contribution is -2.15. The van der Waals surface area contributed by atoms with E-state index in [0.29, 0.717) is 22.5 Å². The molecule has 0 aliphatic heterocycles. The van der Waals surface area contributed by atoms with Crippen LogP contribution in [0.2, 0.25) is 0 Å². The first-order chi connectivity index (χ1) is 10.0. The van der Waals surface area contributed by atoms with E-state index in [1.807, 2.05) is 13.8 Å². The highest BCUT2D eigenvalue weighted by Gasteiger charge is 2.14. The first-order valence-corrected chi connectivity index (χ1v) is 6.86. The van der Waals surface area contributed by atoms with Crippen molar-refractivity contribution in [2.45, 2.75) is 27.2 Å². The minimum absolute atomic E-state index is 0.215. The molecule has 0 atom stereocenters. The summed E-state index contributed by atoms with van der Waals surface area (Å²) in [5, 5.41) is 4.96. The van der Waals surface area contributed by atoms with Crippen molar-refractivity contribution in [2.24, 2.45) is 0 Å². The number of benzene rings is 1. The van der Waals surface area contributed by atoms with Gasteiger partial charge in [-0.1, -0.05) is 6.92 Å². The second-order valence-electron chi connectivity index (χ2n) is 5.08. The number of rotatable bonds is 2. The lowest BCUT2D eigenvalue weighted by Gasteiger charge is -2.05. The molecular weight excluding hydrogens is 266 g/mol. The number of hydrogen-bond acceptors (Lipinski definition) is 4. The zero-order chi connectivity index (χ0) is 15.1. The number of hydrogen-bond donors (Lipinski definition) is 2. The Morgan fingerprint density at radius 2 is 2.10 bits per heavy atom. The Bertz CT molecular complexity index is 891. The Labute approximate surface area is 121 Å². The summed E-state index contributed by atoms with van der Waals surface area (Å²) in [5.41, 5.74) is 9.77. The summed E-state index contributed by atoms with van der Waals surface area (Å²) in [6.45, 7) is 6.02. The van der Waals surface area contributed by atoms with Crippen molar-refractivity contribution >= 4 is 16.6 Å². The number of nitrogens with one attached hydrogen (secondary N) is 1. The molecule has 0 aliphatic rings. The fourth-order valence-corrected chi connectivity index (χ4v) is 2.64. The van der Waals surface area contributed by atoms with E-state index in [1.54, 1.807) is 22.9 Å². The van der Waals surface area contributed by atoms with E-state index < -0.39 is 0 Å². The van der Waals surface area contributed by atoms with Crippen molar-refractivity contribution in [3.8, 4) is 5.95 Å². The maximum absolute atomic E-state index is 12.2. The molecule has 0 unspecified atom stereocenters. The summed E-state index contributed by atoms with van der Waals surface area (Å²) in [5.74, 6) is 0.428. The number of nitrogens with two attached hydrogens (primary N) is 1. The van der Waals surface area contributed by atoms with Gasteiger partial charge in [0.05, 0.1) is 16.6 Å². The van der Waals surface area contributed by atoms with Gasteiger partial charge in [0.25, 0.3) is 5.56 Å². The molecule has 1 aromatic carbocycles. The number of nitrogens with zero attached hydrogens (tertiary/aromatic N) is 3. The van der Waals surface area contributed by atoms with E-state index in [2.05, 4.69) is 22.0 Å². The van der Waals surface area contributed by atoms with Gasteiger partial charge < -0.3 is 5.73 Å². The fourth-order valence-electron chi connectivity index (χ4n) is 2.64. The third-order valence-corrected chi connectivity index (χ3v) is 3.71. The van der Waals surface area contributed by atoms with E-state index in [1.165, 1.54) is 5.56 Å². The summed E-state index contributed by atoms with van der Waals surface area (Å²) in [4.78, 5) is 19.5.